The van der Waals surface area contributed by atoms with Gasteiger partial charge in [0.1, 0.15) is 0 Å². The minimum atomic E-state index is -0.0844. The van der Waals surface area contributed by atoms with Gasteiger partial charge in [0, 0.05) is 3.57 Å². The van der Waals surface area contributed by atoms with Crippen LogP contribution in [0.2, 0.25) is 0 Å². The van der Waals surface area contributed by atoms with Crippen molar-refractivity contribution < 1.29 is 10.2 Å². The third kappa shape index (κ3) is 2.01. The van der Waals surface area contributed by atoms with Crippen molar-refractivity contribution in [3.8, 4) is 11.5 Å². The molecule has 1 aromatic carbocycles. The van der Waals surface area contributed by atoms with Crippen LogP contribution < -0.4 is 5.73 Å². The molecule has 0 aliphatic carbocycles. The first-order valence-corrected chi connectivity index (χ1v) is 4.63. The van der Waals surface area contributed by atoms with Crippen molar-refractivity contribution in [2.45, 2.75) is 6.42 Å². The molecule has 0 fully saturated rings. The molecular formula is C8H10INO2. The lowest BCUT2D eigenvalue weighted by Gasteiger charge is -2.04. The fraction of sp³-hybridized carbons (Fsp3) is 0.250. The zero-order chi connectivity index (χ0) is 9.14. The van der Waals surface area contributed by atoms with Crippen molar-refractivity contribution in [3.63, 3.8) is 0 Å². The lowest BCUT2D eigenvalue weighted by molar-refractivity contribution is 0.402. The van der Waals surface area contributed by atoms with Crippen LogP contribution in [0.1, 0.15) is 5.56 Å². The average Bonchev–Trinajstić information content (AvgIpc) is 2.01. The van der Waals surface area contributed by atoms with Gasteiger partial charge < -0.3 is 15.9 Å². The number of halogens is 1. The van der Waals surface area contributed by atoms with Crippen molar-refractivity contribution in [2.24, 2.45) is 5.73 Å². The minimum absolute atomic E-state index is 0.0832. The summed E-state index contributed by atoms with van der Waals surface area (Å²) in [6, 6.07) is 3.07. The SMILES string of the molecule is NCCc1cc(O)c(O)cc1I. The van der Waals surface area contributed by atoms with E-state index in [0.717, 1.165) is 9.13 Å². The van der Waals surface area contributed by atoms with Crippen LogP contribution in [0.5, 0.6) is 11.5 Å². The molecule has 4 N–H and O–H groups in total. The quantitative estimate of drug-likeness (QED) is 0.563. The van der Waals surface area contributed by atoms with Gasteiger partial charge in [-0.05, 0) is 53.3 Å². The second-order valence-corrected chi connectivity index (χ2v) is 3.63. The molecule has 3 nitrogen and oxygen atoms in total. The zero-order valence-corrected chi connectivity index (χ0v) is 8.58. The molecule has 0 bridgehead atoms. The van der Waals surface area contributed by atoms with E-state index in [2.05, 4.69) is 22.6 Å². The molecule has 1 aromatic rings. The summed E-state index contributed by atoms with van der Waals surface area (Å²) in [6.07, 6.45) is 0.714. The summed E-state index contributed by atoms with van der Waals surface area (Å²) in [5.41, 5.74) is 6.34. The molecule has 0 atom stereocenters. The van der Waals surface area contributed by atoms with E-state index in [1.165, 1.54) is 6.07 Å². The third-order valence-corrected chi connectivity index (χ3v) is 2.56. The molecule has 4 heteroatoms. The predicted molar refractivity (Wildman–Crippen MR) is 55.2 cm³/mol. The largest absolute Gasteiger partial charge is 0.504 e. The molecule has 0 saturated heterocycles. The monoisotopic (exact) mass is 279 g/mol. The van der Waals surface area contributed by atoms with Gasteiger partial charge in [-0.3, -0.25) is 0 Å². The Morgan fingerprint density at radius 3 is 2.42 bits per heavy atom. The molecule has 0 saturated carbocycles. The van der Waals surface area contributed by atoms with E-state index in [1.807, 2.05) is 0 Å². The maximum absolute atomic E-state index is 9.16. The zero-order valence-electron chi connectivity index (χ0n) is 6.42. The molecule has 0 amide bonds. The Morgan fingerprint density at radius 2 is 1.83 bits per heavy atom. The van der Waals surface area contributed by atoms with Crippen molar-refractivity contribution in [2.75, 3.05) is 6.54 Å². The molecule has 0 aliphatic rings. The van der Waals surface area contributed by atoms with Gasteiger partial charge in [-0.25, -0.2) is 0 Å². The minimum Gasteiger partial charge on any atom is -0.504 e. The summed E-state index contributed by atoms with van der Waals surface area (Å²) in [6.45, 7) is 0.542. The Bertz CT molecular complexity index is 289. The van der Waals surface area contributed by atoms with Crippen LogP contribution in [0, 0.1) is 3.57 Å². The second kappa shape index (κ2) is 3.95. The molecule has 0 aliphatic heterocycles. The Morgan fingerprint density at radius 1 is 1.25 bits per heavy atom. The van der Waals surface area contributed by atoms with Crippen molar-refractivity contribution in [3.05, 3.63) is 21.3 Å². The maximum atomic E-state index is 9.16. The van der Waals surface area contributed by atoms with E-state index in [0.29, 0.717) is 13.0 Å². The van der Waals surface area contributed by atoms with Gasteiger partial charge in [0.2, 0.25) is 0 Å². The standard InChI is InChI=1S/C8H10INO2/c9-6-4-8(12)7(11)3-5(6)1-2-10/h3-4,11-12H,1-2,10H2. The molecule has 0 unspecified atom stereocenters. The Kier molecular flexibility index (Phi) is 3.16. The lowest BCUT2D eigenvalue weighted by atomic mass is 10.1. The van der Waals surface area contributed by atoms with E-state index in [9.17, 15) is 0 Å². The van der Waals surface area contributed by atoms with Crippen LogP contribution in [0.3, 0.4) is 0 Å². The predicted octanol–water partition coefficient (Wildman–Crippen LogP) is 1.20. The van der Waals surface area contributed by atoms with Gasteiger partial charge in [0.05, 0.1) is 0 Å². The highest BCUT2D eigenvalue weighted by atomic mass is 127. The summed E-state index contributed by atoms with van der Waals surface area (Å²) in [5, 5.41) is 18.3. The van der Waals surface area contributed by atoms with Gasteiger partial charge in [0.25, 0.3) is 0 Å². The highest BCUT2D eigenvalue weighted by Gasteiger charge is 2.05. The number of hydrogen-bond donors (Lipinski definition) is 3. The summed E-state index contributed by atoms with van der Waals surface area (Å²) in [7, 11) is 0. The van der Waals surface area contributed by atoms with Crippen LogP contribution in [0.4, 0.5) is 0 Å². The smallest absolute Gasteiger partial charge is 0.158 e. The van der Waals surface area contributed by atoms with Crippen molar-refractivity contribution in [1.82, 2.24) is 0 Å². The first kappa shape index (κ1) is 9.60. The fourth-order valence-corrected chi connectivity index (χ4v) is 1.66. The normalized spacial score (nSPS) is 10.2. The maximum Gasteiger partial charge on any atom is 0.158 e. The first-order chi connectivity index (χ1) is 5.65. The highest BCUT2D eigenvalue weighted by Crippen LogP contribution is 2.29. The lowest BCUT2D eigenvalue weighted by Crippen LogP contribution is -2.03. The summed E-state index contributed by atoms with van der Waals surface area (Å²) in [4.78, 5) is 0. The van der Waals surface area contributed by atoms with E-state index in [-0.39, 0.29) is 11.5 Å². The van der Waals surface area contributed by atoms with E-state index in [1.54, 1.807) is 6.07 Å². The fourth-order valence-electron chi connectivity index (χ4n) is 0.942. The third-order valence-electron chi connectivity index (χ3n) is 1.56. The van der Waals surface area contributed by atoms with Crippen LogP contribution in [0.15, 0.2) is 12.1 Å². The number of phenols is 2. The number of benzene rings is 1. The molecule has 0 radical (unpaired) electrons. The van der Waals surface area contributed by atoms with Crippen molar-refractivity contribution >= 4 is 22.6 Å². The van der Waals surface area contributed by atoms with Crippen LogP contribution in [-0.2, 0) is 6.42 Å². The van der Waals surface area contributed by atoms with Gasteiger partial charge in [0.15, 0.2) is 11.5 Å². The molecule has 1 rings (SSSR count). The van der Waals surface area contributed by atoms with Gasteiger partial charge in [-0.1, -0.05) is 0 Å². The molecule has 12 heavy (non-hydrogen) atoms. The average molecular weight is 279 g/mol. The molecule has 0 spiro atoms. The molecule has 0 heterocycles. The summed E-state index contributed by atoms with van der Waals surface area (Å²) in [5.74, 6) is -0.168. The van der Waals surface area contributed by atoms with E-state index in [4.69, 9.17) is 15.9 Å². The number of rotatable bonds is 2. The van der Waals surface area contributed by atoms with Gasteiger partial charge >= 0.3 is 0 Å². The summed E-state index contributed by atoms with van der Waals surface area (Å²) < 4.78 is 0.924. The molecule has 66 valence electrons. The first-order valence-electron chi connectivity index (χ1n) is 3.55. The Labute approximate surface area is 84.4 Å². The van der Waals surface area contributed by atoms with Crippen LogP contribution in [0.25, 0.3) is 0 Å². The van der Waals surface area contributed by atoms with E-state index >= 15 is 0 Å². The number of hydrogen-bond acceptors (Lipinski definition) is 3. The van der Waals surface area contributed by atoms with Crippen LogP contribution in [-0.4, -0.2) is 16.8 Å². The summed E-state index contributed by atoms with van der Waals surface area (Å²) >= 11 is 2.10. The molecular weight excluding hydrogens is 269 g/mol. The Balaban J connectivity index is 3.05. The Hall–Kier alpha value is -0.490. The number of phenolic OH excluding ortho intramolecular Hbond substituents is 2. The van der Waals surface area contributed by atoms with Gasteiger partial charge in [-0.2, -0.15) is 0 Å². The highest BCUT2D eigenvalue weighted by molar-refractivity contribution is 14.1. The molecule has 0 aromatic heterocycles. The van der Waals surface area contributed by atoms with Gasteiger partial charge in [-0.15, -0.1) is 0 Å². The second-order valence-electron chi connectivity index (χ2n) is 2.47. The van der Waals surface area contributed by atoms with Crippen LogP contribution >= 0.6 is 22.6 Å². The van der Waals surface area contributed by atoms with E-state index < -0.39 is 0 Å². The topological polar surface area (TPSA) is 66.5 Å². The number of aromatic hydroxyl groups is 2. The number of nitrogens with two attached hydrogens (primary N) is 1. The van der Waals surface area contributed by atoms with Crippen molar-refractivity contribution in [1.29, 1.82) is 0 Å².